The van der Waals surface area contributed by atoms with Crippen molar-refractivity contribution in [2.24, 2.45) is 0 Å². The molecule has 21 heavy (non-hydrogen) atoms. The highest BCUT2D eigenvalue weighted by Gasteiger charge is 2.17. The van der Waals surface area contributed by atoms with Crippen LogP contribution in [0.3, 0.4) is 0 Å². The zero-order valence-electron chi connectivity index (χ0n) is 11.9. The molecule has 9 heteroatoms. The summed E-state index contributed by atoms with van der Waals surface area (Å²) in [6, 6.07) is 5.94. The van der Waals surface area contributed by atoms with E-state index in [1.54, 1.807) is 13.0 Å². The van der Waals surface area contributed by atoms with Gasteiger partial charge in [-0.3, -0.25) is 0 Å². The molecule has 0 spiro atoms. The van der Waals surface area contributed by atoms with Crippen molar-refractivity contribution in [1.82, 2.24) is 9.44 Å². The van der Waals surface area contributed by atoms with E-state index in [2.05, 4.69) is 9.44 Å². The van der Waals surface area contributed by atoms with Crippen LogP contribution >= 0.6 is 0 Å². The third-order valence-corrected chi connectivity index (χ3v) is 5.74. The van der Waals surface area contributed by atoms with Crippen molar-refractivity contribution in [3.05, 3.63) is 29.8 Å². The van der Waals surface area contributed by atoms with E-state index in [-0.39, 0.29) is 17.2 Å². The summed E-state index contributed by atoms with van der Waals surface area (Å²) in [5, 5.41) is 9.73. The Labute approximate surface area is 125 Å². The smallest absolute Gasteiger partial charge is 0.240 e. The van der Waals surface area contributed by atoms with E-state index in [9.17, 15) is 21.9 Å². The molecule has 7 nitrogen and oxygen atoms in total. The first-order valence-electron chi connectivity index (χ1n) is 6.40. The number of hydrogen-bond donors (Lipinski definition) is 3. The second-order valence-corrected chi connectivity index (χ2v) is 8.23. The molecule has 0 radical (unpaired) electrons. The number of aliphatic hydroxyl groups is 1. The minimum absolute atomic E-state index is 0.00523. The van der Waals surface area contributed by atoms with Crippen molar-refractivity contribution in [2.45, 2.75) is 24.3 Å². The Hall–Kier alpha value is -1.00. The van der Waals surface area contributed by atoms with Gasteiger partial charge in [0.05, 0.1) is 16.8 Å². The second-order valence-electron chi connectivity index (χ2n) is 4.42. The molecule has 0 saturated carbocycles. The molecule has 0 bridgehead atoms. The number of hydrogen-bond acceptors (Lipinski definition) is 5. The fourth-order valence-electron chi connectivity index (χ4n) is 1.62. The molecule has 0 aromatic heterocycles. The Kier molecular flexibility index (Phi) is 6.29. The SMILES string of the molecule is CCC(O)c1cccc(S(=O)(=O)NCCS(=O)(=O)NC)c1. The summed E-state index contributed by atoms with van der Waals surface area (Å²) in [4.78, 5) is -0.00523. The molecular weight excluding hydrogens is 316 g/mol. The lowest BCUT2D eigenvalue weighted by Crippen LogP contribution is -2.33. The number of nitrogens with one attached hydrogen (secondary N) is 2. The molecule has 120 valence electrons. The van der Waals surface area contributed by atoms with Crippen LogP contribution in [-0.2, 0) is 20.0 Å². The van der Waals surface area contributed by atoms with Gasteiger partial charge in [0.25, 0.3) is 0 Å². The molecule has 1 rings (SSSR count). The lowest BCUT2D eigenvalue weighted by molar-refractivity contribution is 0.173. The van der Waals surface area contributed by atoms with Crippen molar-refractivity contribution >= 4 is 20.0 Å². The van der Waals surface area contributed by atoms with Crippen molar-refractivity contribution in [3.63, 3.8) is 0 Å². The van der Waals surface area contributed by atoms with Gasteiger partial charge in [-0.2, -0.15) is 0 Å². The third-order valence-electron chi connectivity index (χ3n) is 2.91. The predicted molar refractivity (Wildman–Crippen MR) is 79.7 cm³/mol. The molecule has 0 aliphatic rings. The summed E-state index contributed by atoms with van der Waals surface area (Å²) < 4.78 is 50.9. The molecule has 1 aromatic rings. The maximum absolute atomic E-state index is 12.1. The average molecular weight is 336 g/mol. The maximum Gasteiger partial charge on any atom is 0.240 e. The molecule has 1 aromatic carbocycles. The molecule has 1 atom stereocenters. The summed E-state index contributed by atoms with van der Waals surface area (Å²) in [6.45, 7) is 1.55. The minimum atomic E-state index is -3.81. The lowest BCUT2D eigenvalue weighted by Gasteiger charge is -2.11. The first-order valence-corrected chi connectivity index (χ1v) is 9.54. The zero-order valence-corrected chi connectivity index (χ0v) is 13.5. The Bertz CT molecular complexity index is 671. The first kappa shape index (κ1) is 18.1. The standard InChI is InChI=1S/C12H20N2O5S2/c1-3-12(15)10-5-4-6-11(9-10)21(18,19)14-7-8-20(16,17)13-2/h4-6,9,12-15H,3,7-8H2,1-2H3. The van der Waals surface area contributed by atoms with E-state index in [4.69, 9.17) is 0 Å². The molecule has 3 N–H and O–H groups in total. The van der Waals surface area contributed by atoms with Crippen LogP contribution in [0.1, 0.15) is 25.0 Å². The molecule has 0 saturated heterocycles. The molecule has 0 amide bonds. The van der Waals surface area contributed by atoms with Gasteiger partial charge < -0.3 is 5.11 Å². The average Bonchev–Trinajstić information content (AvgIpc) is 2.46. The van der Waals surface area contributed by atoms with Gasteiger partial charge >= 0.3 is 0 Å². The van der Waals surface area contributed by atoms with E-state index in [0.717, 1.165) is 0 Å². The second kappa shape index (κ2) is 7.32. The van der Waals surface area contributed by atoms with Gasteiger partial charge in [0.15, 0.2) is 0 Å². The van der Waals surface area contributed by atoms with Crippen LogP contribution < -0.4 is 9.44 Å². The Morgan fingerprint density at radius 1 is 1.24 bits per heavy atom. The quantitative estimate of drug-likeness (QED) is 0.616. The van der Waals surface area contributed by atoms with Gasteiger partial charge in [0.2, 0.25) is 20.0 Å². The minimum Gasteiger partial charge on any atom is -0.388 e. The van der Waals surface area contributed by atoms with Crippen LogP contribution in [0.25, 0.3) is 0 Å². The molecule has 1 unspecified atom stereocenters. The lowest BCUT2D eigenvalue weighted by atomic mass is 10.1. The van der Waals surface area contributed by atoms with Crippen LogP contribution in [0.2, 0.25) is 0 Å². The molecule has 0 fully saturated rings. The third kappa shape index (κ3) is 5.36. The van der Waals surface area contributed by atoms with E-state index in [0.29, 0.717) is 12.0 Å². The normalized spacial score (nSPS) is 14.0. The highest BCUT2D eigenvalue weighted by molar-refractivity contribution is 7.90. The van der Waals surface area contributed by atoms with Crippen LogP contribution in [0.5, 0.6) is 0 Å². The van der Waals surface area contributed by atoms with Crippen LogP contribution in [0.4, 0.5) is 0 Å². The largest absolute Gasteiger partial charge is 0.388 e. The highest BCUT2D eigenvalue weighted by atomic mass is 32.2. The fourth-order valence-corrected chi connectivity index (χ4v) is 3.41. The number of rotatable bonds is 8. The Morgan fingerprint density at radius 3 is 2.48 bits per heavy atom. The first-order chi connectivity index (χ1) is 9.72. The number of benzene rings is 1. The summed E-state index contributed by atoms with van der Waals surface area (Å²) in [7, 11) is -6.01. The summed E-state index contributed by atoms with van der Waals surface area (Å²) in [6.07, 6.45) is -0.262. The fraction of sp³-hybridized carbons (Fsp3) is 0.500. The van der Waals surface area contributed by atoms with Gasteiger partial charge in [0, 0.05) is 6.54 Å². The van der Waals surface area contributed by atoms with Crippen LogP contribution in [-0.4, -0.2) is 41.3 Å². The summed E-state index contributed by atoms with van der Waals surface area (Å²) in [5.74, 6) is -0.347. The van der Waals surface area contributed by atoms with E-state index in [1.807, 2.05) is 0 Å². The van der Waals surface area contributed by atoms with E-state index in [1.165, 1.54) is 25.2 Å². The van der Waals surface area contributed by atoms with Crippen molar-refractivity contribution in [2.75, 3.05) is 19.3 Å². The monoisotopic (exact) mass is 336 g/mol. The van der Waals surface area contributed by atoms with E-state index >= 15 is 0 Å². The van der Waals surface area contributed by atoms with Gasteiger partial charge in [-0.15, -0.1) is 0 Å². The zero-order chi connectivity index (χ0) is 16.1. The Morgan fingerprint density at radius 2 is 1.90 bits per heavy atom. The Balaban J connectivity index is 2.84. The van der Waals surface area contributed by atoms with Crippen molar-refractivity contribution < 1.29 is 21.9 Å². The summed E-state index contributed by atoms with van der Waals surface area (Å²) in [5.41, 5.74) is 0.503. The van der Waals surface area contributed by atoms with Gasteiger partial charge in [-0.1, -0.05) is 19.1 Å². The van der Waals surface area contributed by atoms with Gasteiger partial charge in [0.1, 0.15) is 0 Å². The number of aliphatic hydroxyl groups excluding tert-OH is 1. The topological polar surface area (TPSA) is 113 Å². The van der Waals surface area contributed by atoms with Gasteiger partial charge in [-0.05, 0) is 31.2 Å². The highest BCUT2D eigenvalue weighted by Crippen LogP contribution is 2.19. The summed E-state index contributed by atoms with van der Waals surface area (Å²) >= 11 is 0. The molecule has 0 aliphatic carbocycles. The van der Waals surface area contributed by atoms with Crippen molar-refractivity contribution in [3.8, 4) is 0 Å². The maximum atomic E-state index is 12.1. The molecular formula is C12H20N2O5S2. The van der Waals surface area contributed by atoms with Gasteiger partial charge in [-0.25, -0.2) is 26.3 Å². The number of sulfonamides is 2. The van der Waals surface area contributed by atoms with Crippen LogP contribution in [0.15, 0.2) is 29.2 Å². The van der Waals surface area contributed by atoms with E-state index < -0.39 is 26.2 Å². The predicted octanol–water partition coefficient (Wildman–Crippen LogP) is -0.0425. The van der Waals surface area contributed by atoms with Crippen molar-refractivity contribution in [1.29, 1.82) is 0 Å². The molecule has 0 heterocycles. The van der Waals surface area contributed by atoms with Crippen LogP contribution in [0, 0.1) is 0 Å². The molecule has 0 aliphatic heterocycles.